The standard InChI is InChI=1S/C17H26N6O2/c18-14(24)11-21-6-1-2-13(10-21)17(25)22-7-5-15-19-16(12-3-4-12)20-23(15)9-8-22/h12-13H,1-11H2,(H2,18,24). The number of fused-ring (bicyclic) bond motifs is 1. The second kappa shape index (κ2) is 6.74. The summed E-state index contributed by atoms with van der Waals surface area (Å²) >= 11 is 0. The van der Waals surface area contributed by atoms with Gasteiger partial charge < -0.3 is 10.6 Å². The number of piperidine rings is 1. The summed E-state index contributed by atoms with van der Waals surface area (Å²) in [5, 5.41) is 4.63. The molecule has 1 atom stereocenters. The molecule has 0 aromatic carbocycles. The highest BCUT2D eigenvalue weighted by atomic mass is 16.2. The average Bonchev–Trinajstić information content (AvgIpc) is 3.38. The molecule has 1 saturated heterocycles. The van der Waals surface area contributed by atoms with Crippen LogP contribution in [0, 0.1) is 5.92 Å². The zero-order valence-corrected chi connectivity index (χ0v) is 14.6. The maximum atomic E-state index is 12.9. The summed E-state index contributed by atoms with van der Waals surface area (Å²) in [5.41, 5.74) is 5.29. The number of aromatic nitrogens is 3. The molecule has 3 heterocycles. The van der Waals surface area contributed by atoms with Crippen LogP contribution < -0.4 is 5.73 Å². The first-order valence-electron chi connectivity index (χ1n) is 9.33. The molecule has 136 valence electrons. The molecular formula is C17H26N6O2. The zero-order chi connectivity index (χ0) is 17.4. The molecule has 2 aliphatic heterocycles. The Kier molecular flexibility index (Phi) is 4.45. The summed E-state index contributed by atoms with van der Waals surface area (Å²) in [5.74, 6) is 2.40. The Hall–Kier alpha value is -1.96. The van der Waals surface area contributed by atoms with Gasteiger partial charge in [0.2, 0.25) is 11.8 Å². The first-order valence-corrected chi connectivity index (χ1v) is 9.33. The normalized spacial score (nSPS) is 24.6. The third-order valence-corrected chi connectivity index (χ3v) is 5.44. The van der Waals surface area contributed by atoms with Gasteiger partial charge in [0.05, 0.1) is 19.0 Å². The molecule has 1 aromatic rings. The Balaban J connectivity index is 1.36. The average molecular weight is 346 g/mol. The number of hydrogen-bond acceptors (Lipinski definition) is 5. The van der Waals surface area contributed by atoms with E-state index >= 15 is 0 Å². The number of hydrogen-bond donors (Lipinski definition) is 1. The second-order valence-electron chi connectivity index (χ2n) is 7.50. The molecule has 1 aliphatic carbocycles. The number of nitrogens with zero attached hydrogens (tertiary/aromatic N) is 5. The minimum Gasteiger partial charge on any atom is -0.369 e. The van der Waals surface area contributed by atoms with Crippen molar-refractivity contribution in [3.8, 4) is 0 Å². The third-order valence-electron chi connectivity index (χ3n) is 5.44. The van der Waals surface area contributed by atoms with Crippen molar-refractivity contribution in [2.24, 2.45) is 11.7 Å². The van der Waals surface area contributed by atoms with Gasteiger partial charge in [-0.3, -0.25) is 14.5 Å². The summed E-state index contributed by atoms with van der Waals surface area (Å²) in [4.78, 5) is 32.7. The molecule has 0 spiro atoms. The van der Waals surface area contributed by atoms with E-state index in [2.05, 4.69) is 10.1 Å². The van der Waals surface area contributed by atoms with Crippen molar-refractivity contribution in [3.05, 3.63) is 11.6 Å². The molecule has 1 aromatic heterocycles. The highest BCUT2D eigenvalue weighted by Gasteiger charge is 2.32. The van der Waals surface area contributed by atoms with Crippen molar-refractivity contribution in [3.63, 3.8) is 0 Å². The van der Waals surface area contributed by atoms with Crippen LogP contribution in [0.15, 0.2) is 0 Å². The van der Waals surface area contributed by atoms with Crippen LogP contribution in [0.2, 0.25) is 0 Å². The lowest BCUT2D eigenvalue weighted by atomic mass is 9.96. The largest absolute Gasteiger partial charge is 0.369 e. The van der Waals surface area contributed by atoms with E-state index in [1.165, 1.54) is 12.8 Å². The van der Waals surface area contributed by atoms with Crippen molar-refractivity contribution in [2.75, 3.05) is 32.7 Å². The summed E-state index contributed by atoms with van der Waals surface area (Å²) in [6, 6.07) is 0. The molecule has 2 N–H and O–H groups in total. The number of nitrogens with two attached hydrogens (primary N) is 1. The molecule has 0 bridgehead atoms. The van der Waals surface area contributed by atoms with E-state index in [1.807, 2.05) is 14.5 Å². The molecule has 1 unspecified atom stereocenters. The summed E-state index contributed by atoms with van der Waals surface area (Å²) in [6.07, 6.45) is 5.00. The molecule has 1 saturated carbocycles. The maximum Gasteiger partial charge on any atom is 0.231 e. The van der Waals surface area contributed by atoms with Gasteiger partial charge in [-0.2, -0.15) is 5.10 Å². The molecule has 8 nitrogen and oxygen atoms in total. The van der Waals surface area contributed by atoms with Crippen LogP contribution >= 0.6 is 0 Å². The van der Waals surface area contributed by atoms with Crippen LogP contribution in [-0.2, 0) is 22.6 Å². The Morgan fingerprint density at radius 1 is 1.12 bits per heavy atom. The van der Waals surface area contributed by atoms with E-state index in [0.29, 0.717) is 25.6 Å². The van der Waals surface area contributed by atoms with Crippen molar-refractivity contribution in [1.82, 2.24) is 24.6 Å². The first-order chi connectivity index (χ1) is 12.1. The molecule has 2 fully saturated rings. The van der Waals surface area contributed by atoms with E-state index in [-0.39, 0.29) is 24.3 Å². The van der Waals surface area contributed by atoms with Crippen molar-refractivity contribution in [1.29, 1.82) is 0 Å². The van der Waals surface area contributed by atoms with Crippen LogP contribution in [0.3, 0.4) is 0 Å². The van der Waals surface area contributed by atoms with E-state index in [4.69, 9.17) is 5.73 Å². The lowest BCUT2D eigenvalue weighted by Gasteiger charge is -2.34. The van der Waals surface area contributed by atoms with Gasteiger partial charge in [0, 0.05) is 32.0 Å². The molecule has 8 heteroatoms. The fraction of sp³-hybridized carbons (Fsp3) is 0.765. The van der Waals surface area contributed by atoms with Crippen molar-refractivity contribution >= 4 is 11.8 Å². The highest BCUT2D eigenvalue weighted by Crippen LogP contribution is 2.38. The Labute approximate surface area is 147 Å². The number of likely N-dealkylation sites (tertiary alicyclic amines) is 1. The van der Waals surface area contributed by atoms with E-state index in [0.717, 1.165) is 44.0 Å². The van der Waals surface area contributed by atoms with E-state index < -0.39 is 0 Å². The van der Waals surface area contributed by atoms with Crippen LogP contribution in [0.4, 0.5) is 0 Å². The third kappa shape index (κ3) is 3.68. The van der Waals surface area contributed by atoms with Crippen LogP contribution in [0.1, 0.15) is 43.3 Å². The highest BCUT2D eigenvalue weighted by molar-refractivity contribution is 5.79. The van der Waals surface area contributed by atoms with Crippen LogP contribution in [-0.4, -0.2) is 69.1 Å². The minimum absolute atomic E-state index is 0.0338. The summed E-state index contributed by atoms with van der Waals surface area (Å²) in [7, 11) is 0. The van der Waals surface area contributed by atoms with Gasteiger partial charge in [-0.15, -0.1) is 0 Å². The Bertz CT molecular complexity index is 643. The number of primary amides is 1. The van der Waals surface area contributed by atoms with Gasteiger partial charge in [-0.05, 0) is 32.2 Å². The molecule has 3 aliphatic rings. The number of rotatable bonds is 4. The van der Waals surface area contributed by atoms with Gasteiger partial charge in [0.1, 0.15) is 5.82 Å². The summed E-state index contributed by atoms with van der Waals surface area (Å²) in [6.45, 7) is 3.83. The van der Waals surface area contributed by atoms with Gasteiger partial charge in [-0.25, -0.2) is 9.67 Å². The number of carbonyl (C=O) groups excluding carboxylic acids is 2. The zero-order valence-electron chi connectivity index (χ0n) is 14.6. The Morgan fingerprint density at radius 2 is 1.96 bits per heavy atom. The fourth-order valence-electron chi connectivity index (χ4n) is 3.93. The topological polar surface area (TPSA) is 97.3 Å². The monoisotopic (exact) mass is 346 g/mol. The van der Waals surface area contributed by atoms with Gasteiger partial charge in [0.15, 0.2) is 5.82 Å². The maximum absolute atomic E-state index is 12.9. The molecule has 2 amide bonds. The van der Waals surface area contributed by atoms with Gasteiger partial charge in [-0.1, -0.05) is 0 Å². The second-order valence-corrected chi connectivity index (χ2v) is 7.50. The van der Waals surface area contributed by atoms with E-state index in [1.54, 1.807) is 0 Å². The Morgan fingerprint density at radius 3 is 2.72 bits per heavy atom. The first kappa shape index (κ1) is 16.5. The predicted octanol–water partition coefficient (Wildman–Crippen LogP) is -0.262. The van der Waals surface area contributed by atoms with Crippen molar-refractivity contribution in [2.45, 2.75) is 44.6 Å². The van der Waals surface area contributed by atoms with E-state index in [9.17, 15) is 9.59 Å². The minimum atomic E-state index is -0.328. The van der Waals surface area contributed by atoms with Gasteiger partial charge in [0.25, 0.3) is 0 Å². The quantitative estimate of drug-likeness (QED) is 0.810. The van der Waals surface area contributed by atoms with Crippen molar-refractivity contribution < 1.29 is 9.59 Å². The van der Waals surface area contributed by atoms with Crippen LogP contribution in [0.25, 0.3) is 0 Å². The summed E-state index contributed by atoms with van der Waals surface area (Å²) < 4.78 is 1.99. The molecular weight excluding hydrogens is 320 g/mol. The molecule has 0 radical (unpaired) electrons. The fourth-order valence-corrected chi connectivity index (χ4v) is 3.93. The molecule has 4 rings (SSSR count). The van der Waals surface area contributed by atoms with Crippen LogP contribution in [0.5, 0.6) is 0 Å². The lowest BCUT2D eigenvalue weighted by molar-refractivity contribution is -0.138. The van der Waals surface area contributed by atoms with Gasteiger partial charge >= 0.3 is 0 Å². The molecule has 25 heavy (non-hydrogen) atoms. The SMILES string of the molecule is NC(=O)CN1CCCC(C(=O)N2CCc3nc(C4CC4)nn3CC2)C1. The number of carbonyl (C=O) groups is 2. The lowest BCUT2D eigenvalue weighted by Crippen LogP contribution is -2.47. The smallest absolute Gasteiger partial charge is 0.231 e. The number of amides is 2. The predicted molar refractivity (Wildman–Crippen MR) is 90.6 cm³/mol.